The Bertz CT molecular complexity index is 1310. The number of aromatic nitrogens is 1. The zero-order chi connectivity index (χ0) is 28.4. The summed E-state index contributed by atoms with van der Waals surface area (Å²) in [5.41, 5.74) is 2.07. The average molecular weight is 543 g/mol. The third kappa shape index (κ3) is 8.64. The van der Waals surface area contributed by atoms with E-state index in [4.69, 9.17) is 24.2 Å². The molecule has 10 nitrogen and oxygen atoms in total. The lowest BCUT2D eigenvalue weighted by Gasteiger charge is -2.31. The zero-order valence-electron chi connectivity index (χ0n) is 21.8. The Labute approximate surface area is 224 Å². The molecule has 2 heterocycles. The predicted octanol–water partition coefficient (Wildman–Crippen LogP) is 4.54. The Hall–Kier alpha value is -4.25. The molecule has 0 radical (unpaired) electrons. The van der Waals surface area contributed by atoms with Crippen LogP contribution in [0.25, 0.3) is 11.0 Å². The lowest BCUT2D eigenvalue weighted by Crippen LogP contribution is -2.34. The number of ether oxygens (including phenoxy) is 2. The maximum atomic E-state index is 13.4. The van der Waals surface area contributed by atoms with Crippen molar-refractivity contribution < 1.29 is 43.0 Å². The lowest BCUT2D eigenvalue weighted by atomic mass is 9.91. The highest BCUT2D eigenvalue weighted by Crippen LogP contribution is 2.33. The van der Waals surface area contributed by atoms with Gasteiger partial charge in [0, 0.05) is 41.6 Å². The molecule has 208 valence electrons. The second-order valence-electron chi connectivity index (χ2n) is 8.96. The van der Waals surface area contributed by atoms with Crippen LogP contribution in [0.1, 0.15) is 48.2 Å². The molecular formula is C28H31FN2O8. The van der Waals surface area contributed by atoms with Crippen LogP contribution in [0.15, 0.2) is 53.1 Å². The maximum absolute atomic E-state index is 13.4. The summed E-state index contributed by atoms with van der Waals surface area (Å²) in [7, 11) is 1.57. The molecule has 0 bridgehead atoms. The van der Waals surface area contributed by atoms with Crippen molar-refractivity contribution >= 4 is 28.7 Å². The van der Waals surface area contributed by atoms with Crippen LogP contribution >= 0.6 is 0 Å². The Balaban J connectivity index is 0.000000459. The number of hydrogen-bond donors (Lipinski definition) is 2. The van der Waals surface area contributed by atoms with Gasteiger partial charge in [-0.1, -0.05) is 5.16 Å². The standard InChI is InChI=1S/C24H27FN2O4.C4H4O4/c1-16(28)18-4-7-21(23(14-18)29-2)30-13-3-10-27-11-8-17(9-12-27)24-20-6-5-19(25)15-22(20)31-26-24;5-3(6)1-2-4(7)8/h4-7,14-15,17H,3,8-13H2,1-2H3;1-2H,(H,5,6)(H,7,8)/b;2-1-. The van der Waals surface area contributed by atoms with E-state index in [2.05, 4.69) is 10.1 Å². The summed E-state index contributed by atoms with van der Waals surface area (Å²) < 4.78 is 29.9. The van der Waals surface area contributed by atoms with Crippen molar-refractivity contribution in [2.45, 2.75) is 32.1 Å². The van der Waals surface area contributed by atoms with Gasteiger partial charge in [0.15, 0.2) is 22.9 Å². The number of Topliss-reactive ketones (excluding diaryl/α,β-unsaturated/α-hetero) is 1. The first-order valence-electron chi connectivity index (χ1n) is 12.4. The number of aliphatic carboxylic acids is 2. The van der Waals surface area contributed by atoms with Gasteiger partial charge in [0.2, 0.25) is 0 Å². The number of piperidine rings is 1. The molecule has 1 aromatic heterocycles. The van der Waals surface area contributed by atoms with Crippen molar-refractivity contribution in [2.24, 2.45) is 0 Å². The summed E-state index contributed by atoms with van der Waals surface area (Å²) in [4.78, 5) is 33.0. The number of nitrogens with zero attached hydrogens (tertiary/aromatic N) is 2. The number of benzene rings is 2. The van der Waals surface area contributed by atoms with Gasteiger partial charge in [-0.25, -0.2) is 14.0 Å². The van der Waals surface area contributed by atoms with Gasteiger partial charge in [0.25, 0.3) is 0 Å². The van der Waals surface area contributed by atoms with Gasteiger partial charge in [-0.2, -0.15) is 0 Å². The number of likely N-dealkylation sites (tertiary alicyclic amines) is 1. The average Bonchev–Trinajstić information content (AvgIpc) is 3.33. The summed E-state index contributed by atoms with van der Waals surface area (Å²) in [6.45, 7) is 5.03. The molecule has 4 rings (SSSR count). The van der Waals surface area contributed by atoms with Gasteiger partial charge in [-0.15, -0.1) is 0 Å². The first-order valence-corrected chi connectivity index (χ1v) is 12.4. The van der Waals surface area contributed by atoms with E-state index >= 15 is 0 Å². The molecule has 2 aromatic carbocycles. The van der Waals surface area contributed by atoms with Crippen LogP contribution in [0.4, 0.5) is 4.39 Å². The number of hydrogen-bond acceptors (Lipinski definition) is 8. The highest BCUT2D eigenvalue weighted by Gasteiger charge is 2.25. The van der Waals surface area contributed by atoms with Crippen molar-refractivity contribution in [1.29, 1.82) is 0 Å². The molecule has 39 heavy (non-hydrogen) atoms. The van der Waals surface area contributed by atoms with E-state index in [1.165, 1.54) is 19.1 Å². The maximum Gasteiger partial charge on any atom is 0.328 e. The molecule has 2 N–H and O–H groups in total. The molecule has 0 aliphatic carbocycles. The molecule has 0 saturated carbocycles. The number of methoxy groups -OCH3 is 1. The number of rotatable bonds is 10. The lowest BCUT2D eigenvalue weighted by molar-refractivity contribution is -0.134. The van der Waals surface area contributed by atoms with Gasteiger partial charge < -0.3 is 29.1 Å². The number of ketones is 1. The zero-order valence-corrected chi connectivity index (χ0v) is 21.8. The third-order valence-corrected chi connectivity index (χ3v) is 6.25. The number of carboxylic acid groups (broad SMARTS) is 2. The van der Waals surface area contributed by atoms with E-state index in [0.29, 0.717) is 47.3 Å². The first kappa shape index (κ1) is 29.3. The normalized spacial score (nSPS) is 14.1. The van der Waals surface area contributed by atoms with Crippen molar-refractivity contribution in [3.05, 3.63) is 65.6 Å². The minimum atomic E-state index is -1.26. The van der Waals surface area contributed by atoms with Gasteiger partial charge in [0.1, 0.15) is 5.82 Å². The monoisotopic (exact) mass is 542 g/mol. The van der Waals surface area contributed by atoms with Gasteiger partial charge in [-0.3, -0.25) is 4.79 Å². The van der Waals surface area contributed by atoms with Crippen LogP contribution < -0.4 is 9.47 Å². The van der Waals surface area contributed by atoms with Gasteiger partial charge >= 0.3 is 11.9 Å². The number of carbonyl (C=O) groups excluding carboxylic acids is 1. The first-order chi connectivity index (χ1) is 18.7. The van der Waals surface area contributed by atoms with E-state index in [-0.39, 0.29) is 11.6 Å². The van der Waals surface area contributed by atoms with Crippen molar-refractivity contribution in [3.63, 3.8) is 0 Å². The topological polar surface area (TPSA) is 139 Å². The summed E-state index contributed by atoms with van der Waals surface area (Å²) in [5, 5.41) is 20.8. The minimum absolute atomic E-state index is 0.000894. The van der Waals surface area contributed by atoms with Crippen LogP contribution in [-0.4, -0.2) is 71.3 Å². The van der Waals surface area contributed by atoms with Crippen LogP contribution in [0.3, 0.4) is 0 Å². The smallest absolute Gasteiger partial charge is 0.328 e. The van der Waals surface area contributed by atoms with Crippen molar-refractivity contribution in [1.82, 2.24) is 10.1 Å². The van der Waals surface area contributed by atoms with E-state index in [0.717, 1.165) is 50.0 Å². The highest BCUT2D eigenvalue weighted by atomic mass is 19.1. The van der Waals surface area contributed by atoms with Crippen LogP contribution in [0.5, 0.6) is 11.5 Å². The molecule has 0 unspecified atom stereocenters. The second kappa shape index (κ2) is 14.1. The fraction of sp³-hybridized carbons (Fsp3) is 0.357. The van der Waals surface area contributed by atoms with Gasteiger partial charge in [-0.05, 0) is 69.6 Å². The number of carbonyl (C=O) groups is 3. The molecule has 0 amide bonds. The number of carboxylic acids is 2. The summed E-state index contributed by atoms with van der Waals surface area (Å²) in [6.07, 6.45) is 4.01. The number of halogens is 1. The van der Waals surface area contributed by atoms with Crippen molar-refractivity contribution in [3.8, 4) is 11.5 Å². The molecule has 3 aromatic rings. The van der Waals surface area contributed by atoms with E-state index < -0.39 is 11.9 Å². The molecule has 1 saturated heterocycles. The Morgan fingerprint density at radius 2 is 1.77 bits per heavy atom. The fourth-order valence-corrected chi connectivity index (χ4v) is 4.27. The van der Waals surface area contributed by atoms with Crippen LogP contribution in [0.2, 0.25) is 0 Å². The SMILES string of the molecule is COc1cc(C(C)=O)ccc1OCCCN1CCC(c2noc3cc(F)ccc23)CC1.O=C(O)/C=C\C(=O)O. The van der Waals surface area contributed by atoms with E-state index in [9.17, 15) is 18.8 Å². The Kier molecular flexibility index (Phi) is 10.6. The molecule has 1 aliphatic rings. The van der Waals surface area contributed by atoms with Gasteiger partial charge in [0.05, 0.1) is 19.4 Å². The third-order valence-electron chi connectivity index (χ3n) is 6.25. The summed E-state index contributed by atoms with van der Waals surface area (Å²) >= 11 is 0. The van der Waals surface area contributed by atoms with Crippen molar-refractivity contribution in [2.75, 3.05) is 33.4 Å². The van der Waals surface area contributed by atoms with Crippen LogP contribution in [0, 0.1) is 5.82 Å². The fourth-order valence-electron chi connectivity index (χ4n) is 4.27. The molecule has 0 atom stereocenters. The predicted molar refractivity (Wildman–Crippen MR) is 140 cm³/mol. The molecule has 1 aliphatic heterocycles. The van der Waals surface area contributed by atoms with Crippen LogP contribution in [-0.2, 0) is 9.59 Å². The molecular weight excluding hydrogens is 511 g/mol. The molecule has 1 fully saturated rings. The molecule has 11 heteroatoms. The highest BCUT2D eigenvalue weighted by molar-refractivity contribution is 5.94. The largest absolute Gasteiger partial charge is 0.493 e. The number of fused-ring (bicyclic) bond motifs is 1. The second-order valence-corrected chi connectivity index (χ2v) is 8.96. The quantitative estimate of drug-likeness (QED) is 0.213. The summed E-state index contributed by atoms with van der Waals surface area (Å²) in [6, 6.07) is 9.87. The minimum Gasteiger partial charge on any atom is -0.493 e. The Morgan fingerprint density at radius 1 is 1.08 bits per heavy atom. The van der Waals surface area contributed by atoms with E-state index in [1.807, 2.05) is 0 Å². The Morgan fingerprint density at radius 3 is 2.38 bits per heavy atom. The summed E-state index contributed by atoms with van der Waals surface area (Å²) in [5.74, 6) is -1.25. The van der Waals surface area contributed by atoms with E-state index in [1.54, 1.807) is 31.4 Å². The molecule has 0 spiro atoms.